The quantitative estimate of drug-likeness (QED) is 0.898. The van der Waals surface area contributed by atoms with E-state index in [-0.39, 0.29) is 0 Å². The first-order valence-electron chi connectivity index (χ1n) is 6.88. The van der Waals surface area contributed by atoms with E-state index in [9.17, 15) is 0 Å². The van der Waals surface area contributed by atoms with Gasteiger partial charge in [-0.2, -0.15) is 0 Å². The predicted molar refractivity (Wildman–Crippen MR) is 79.4 cm³/mol. The molecule has 0 radical (unpaired) electrons. The van der Waals surface area contributed by atoms with E-state index in [4.69, 9.17) is 11.6 Å². The minimum Gasteiger partial charge on any atom is -0.371 e. The highest BCUT2D eigenvalue weighted by atomic mass is 35.5. The van der Waals surface area contributed by atoms with E-state index in [1.54, 1.807) is 0 Å². The molecule has 0 saturated carbocycles. The van der Waals surface area contributed by atoms with Crippen LogP contribution >= 0.6 is 11.6 Å². The lowest BCUT2D eigenvalue weighted by Gasteiger charge is -2.26. The first kappa shape index (κ1) is 13.7. The molecule has 0 spiro atoms. The Kier molecular flexibility index (Phi) is 4.90. The molecular formula is C15H23ClN2. The summed E-state index contributed by atoms with van der Waals surface area (Å²) in [5.41, 5.74) is 2.66. The van der Waals surface area contributed by atoms with Crippen molar-refractivity contribution in [2.45, 2.75) is 32.7 Å². The van der Waals surface area contributed by atoms with Gasteiger partial charge in [-0.3, -0.25) is 0 Å². The van der Waals surface area contributed by atoms with Gasteiger partial charge in [0.2, 0.25) is 0 Å². The van der Waals surface area contributed by atoms with Crippen LogP contribution in [0.2, 0.25) is 5.02 Å². The van der Waals surface area contributed by atoms with Crippen LogP contribution in [-0.2, 0) is 6.54 Å². The summed E-state index contributed by atoms with van der Waals surface area (Å²) < 4.78 is 0. The highest BCUT2D eigenvalue weighted by Gasteiger charge is 2.16. The van der Waals surface area contributed by atoms with E-state index in [0.717, 1.165) is 30.6 Å². The van der Waals surface area contributed by atoms with Crippen molar-refractivity contribution < 1.29 is 0 Å². The van der Waals surface area contributed by atoms with Crippen LogP contribution in [0.4, 0.5) is 5.69 Å². The Balaban J connectivity index is 2.21. The standard InChI is InChI=1S/C15H23ClN2/c1-12-4-3-8-18(9-7-12)15-10-14(16)6-5-13(15)11-17-2/h5-6,10,12,17H,3-4,7-9,11H2,1-2H3. The Morgan fingerprint density at radius 2 is 2.17 bits per heavy atom. The van der Waals surface area contributed by atoms with Crippen molar-refractivity contribution in [3.8, 4) is 0 Å². The third-order valence-corrected chi connectivity index (χ3v) is 4.01. The summed E-state index contributed by atoms with van der Waals surface area (Å²) in [5.74, 6) is 0.849. The van der Waals surface area contributed by atoms with Crippen LogP contribution in [0.5, 0.6) is 0 Å². The van der Waals surface area contributed by atoms with Crippen molar-refractivity contribution in [3.05, 3.63) is 28.8 Å². The number of benzene rings is 1. The fourth-order valence-electron chi connectivity index (χ4n) is 2.68. The van der Waals surface area contributed by atoms with Gasteiger partial charge in [-0.15, -0.1) is 0 Å². The molecule has 0 bridgehead atoms. The third kappa shape index (κ3) is 3.39. The average molecular weight is 267 g/mol. The molecule has 1 aromatic rings. The summed E-state index contributed by atoms with van der Waals surface area (Å²) in [5, 5.41) is 4.07. The van der Waals surface area contributed by atoms with Crippen LogP contribution in [0.25, 0.3) is 0 Å². The van der Waals surface area contributed by atoms with Gasteiger partial charge in [0, 0.05) is 30.3 Å². The van der Waals surface area contributed by atoms with Gasteiger partial charge in [0.05, 0.1) is 0 Å². The third-order valence-electron chi connectivity index (χ3n) is 3.77. The molecule has 1 heterocycles. The molecule has 18 heavy (non-hydrogen) atoms. The zero-order valence-electron chi connectivity index (χ0n) is 11.4. The Hall–Kier alpha value is -0.730. The van der Waals surface area contributed by atoms with E-state index in [0.29, 0.717) is 0 Å². The Morgan fingerprint density at radius 1 is 1.33 bits per heavy atom. The van der Waals surface area contributed by atoms with Crippen LogP contribution in [0.1, 0.15) is 31.7 Å². The Labute approximate surface area is 115 Å². The van der Waals surface area contributed by atoms with E-state index < -0.39 is 0 Å². The Morgan fingerprint density at radius 3 is 2.94 bits per heavy atom. The van der Waals surface area contributed by atoms with Gasteiger partial charge in [0.1, 0.15) is 0 Å². The van der Waals surface area contributed by atoms with Crippen LogP contribution in [0.15, 0.2) is 18.2 Å². The maximum absolute atomic E-state index is 6.16. The monoisotopic (exact) mass is 266 g/mol. The molecule has 1 aromatic carbocycles. The van der Waals surface area contributed by atoms with Crippen LogP contribution in [0, 0.1) is 5.92 Å². The highest BCUT2D eigenvalue weighted by molar-refractivity contribution is 6.30. The molecule has 1 unspecified atom stereocenters. The van der Waals surface area contributed by atoms with Gasteiger partial charge >= 0.3 is 0 Å². The van der Waals surface area contributed by atoms with Crippen LogP contribution in [0.3, 0.4) is 0 Å². The normalized spacial score (nSPS) is 20.8. The van der Waals surface area contributed by atoms with E-state index in [1.807, 2.05) is 13.1 Å². The molecular weight excluding hydrogens is 244 g/mol. The summed E-state index contributed by atoms with van der Waals surface area (Å²) in [6.07, 6.45) is 3.91. The second-order valence-corrected chi connectivity index (χ2v) is 5.76. The summed E-state index contributed by atoms with van der Waals surface area (Å²) in [7, 11) is 1.99. The van der Waals surface area contributed by atoms with E-state index in [2.05, 4.69) is 29.3 Å². The van der Waals surface area contributed by atoms with Gasteiger partial charge in [0.25, 0.3) is 0 Å². The first-order chi connectivity index (χ1) is 8.70. The molecule has 2 nitrogen and oxygen atoms in total. The average Bonchev–Trinajstić information content (AvgIpc) is 2.57. The summed E-state index contributed by atoms with van der Waals surface area (Å²) in [6, 6.07) is 6.24. The Bertz CT molecular complexity index is 392. The number of halogens is 1. The minimum absolute atomic E-state index is 0.835. The maximum Gasteiger partial charge on any atom is 0.0426 e. The van der Waals surface area contributed by atoms with Crippen molar-refractivity contribution in [1.29, 1.82) is 0 Å². The number of anilines is 1. The van der Waals surface area contributed by atoms with Crippen molar-refractivity contribution in [3.63, 3.8) is 0 Å². The molecule has 1 saturated heterocycles. The summed E-state index contributed by atoms with van der Waals surface area (Å²) in [4.78, 5) is 2.50. The summed E-state index contributed by atoms with van der Waals surface area (Å²) >= 11 is 6.16. The number of rotatable bonds is 3. The summed E-state index contributed by atoms with van der Waals surface area (Å²) in [6.45, 7) is 5.56. The minimum atomic E-state index is 0.835. The predicted octanol–water partition coefficient (Wildman–Crippen LogP) is 3.69. The van der Waals surface area contributed by atoms with Crippen molar-refractivity contribution >= 4 is 17.3 Å². The fraction of sp³-hybridized carbons (Fsp3) is 0.600. The van der Waals surface area contributed by atoms with Crippen LogP contribution < -0.4 is 10.2 Å². The number of nitrogens with zero attached hydrogens (tertiary/aromatic N) is 1. The number of nitrogens with one attached hydrogen (secondary N) is 1. The highest BCUT2D eigenvalue weighted by Crippen LogP contribution is 2.28. The lowest BCUT2D eigenvalue weighted by molar-refractivity contribution is 0.521. The smallest absolute Gasteiger partial charge is 0.0426 e. The fourth-order valence-corrected chi connectivity index (χ4v) is 2.84. The van der Waals surface area contributed by atoms with Gasteiger partial charge in [0.15, 0.2) is 0 Å². The van der Waals surface area contributed by atoms with Gasteiger partial charge in [-0.25, -0.2) is 0 Å². The second kappa shape index (κ2) is 6.44. The zero-order valence-corrected chi connectivity index (χ0v) is 12.1. The van der Waals surface area contributed by atoms with Gasteiger partial charge in [-0.1, -0.05) is 24.6 Å². The van der Waals surface area contributed by atoms with Crippen molar-refractivity contribution in [2.75, 3.05) is 25.0 Å². The molecule has 1 N–H and O–H groups in total. The molecule has 0 aliphatic carbocycles. The second-order valence-electron chi connectivity index (χ2n) is 5.33. The molecule has 1 aliphatic heterocycles. The molecule has 3 heteroatoms. The molecule has 1 aliphatic rings. The van der Waals surface area contributed by atoms with Gasteiger partial charge < -0.3 is 10.2 Å². The largest absolute Gasteiger partial charge is 0.371 e. The van der Waals surface area contributed by atoms with E-state index >= 15 is 0 Å². The van der Waals surface area contributed by atoms with E-state index in [1.165, 1.54) is 30.5 Å². The lowest BCUT2D eigenvalue weighted by Crippen LogP contribution is -2.26. The number of hydrogen-bond donors (Lipinski definition) is 1. The topological polar surface area (TPSA) is 15.3 Å². The molecule has 0 amide bonds. The molecule has 1 atom stereocenters. The maximum atomic E-state index is 6.16. The lowest BCUT2D eigenvalue weighted by atomic mass is 10.0. The molecule has 0 aromatic heterocycles. The van der Waals surface area contributed by atoms with Gasteiger partial charge in [-0.05, 0) is 49.9 Å². The molecule has 1 fully saturated rings. The van der Waals surface area contributed by atoms with Crippen molar-refractivity contribution in [1.82, 2.24) is 5.32 Å². The SMILES string of the molecule is CNCc1ccc(Cl)cc1N1CCCC(C)CC1. The van der Waals surface area contributed by atoms with Crippen molar-refractivity contribution in [2.24, 2.45) is 5.92 Å². The number of hydrogen-bond acceptors (Lipinski definition) is 2. The van der Waals surface area contributed by atoms with Crippen LogP contribution in [-0.4, -0.2) is 20.1 Å². The zero-order chi connectivity index (χ0) is 13.0. The first-order valence-corrected chi connectivity index (χ1v) is 7.26. The molecule has 2 rings (SSSR count). The molecule has 100 valence electrons.